The number of hydrogen-bond donors (Lipinski definition) is 3. The van der Waals surface area contributed by atoms with Gasteiger partial charge in [-0.3, -0.25) is 4.79 Å². The van der Waals surface area contributed by atoms with Crippen LogP contribution in [0.1, 0.15) is 19.3 Å². The van der Waals surface area contributed by atoms with E-state index in [0.717, 1.165) is 19.3 Å². The Morgan fingerprint density at radius 2 is 1.35 bits per heavy atom. The van der Waals surface area contributed by atoms with Crippen LogP contribution < -0.4 is 0 Å². The Hall–Kier alpha value is 0.520. The maximum Gasteiger partial charge on any atom is 0.311 e. The molecule has 4 bridgehead atoms. The highest BCUT2D eigenvalue weighted by Crippen LogP contribution is 2.63. The smallest absolute Gasteiger partial charge is 0.311 e. The second-order valence-electron chi connectivity index (χ2n) is 5.85. The number of rotatable bonds is 1. The molecule has 0 saturated heterocycles. The third kappa shape index (κ3) is 1.54. The lowest BCUT2D eigenvalue weighted by atomic mass is 9.49. The van der Waals surface area contributed by atoms with Crippen molar-refractivity contribution in [2.24, 2.45) is 23.2 Å². The Morgan fingerprint density at radius 3 is 1.65 bits per heavy atom. The fraction of sp³-hybridized carbons (Fsp3) is 0.917. The van der Waals surface area contributed by atoms with Crippen molar-refractivity contribution in [1.82, 2.24) is 0 Å². The molecule has 5 heteroatoms. The third-order valence-electron chi connectivity index (χ3n) is 5.13. The van der Waals surface area contributed by atoms with Crippen LogP contribution in [0.15, 0.2) is 0 Å². The van der Waals surface area contributed by atoms with Crippen LogP contribution in [0.5, 0.6) is 0 Å². The van der Waals surface area contributed by atoms with Crippen LogP contribution >= 0.6 is 37.9 Å². The average Bonchev–Trinajstić information content (AvgIpc) is 2.34. The fourth-order valence-electron chi connectivity index (χ4n) is 4.35. The van der Waals surface area contributed by atoms with Gasteiger partial charge in [0.2, 0.25) is 0 Å². The van der Waals surface area contributed by atoms with E-state index in [-0.39, 0.29) is 11.4 Å². The molecule has 17 heavy (non-hydrogen) atoms. The second-order valence-corrected chi connectivity index (χ2v) is 7.64. The van der Waals surface area contributed by atoms with Gasteiger partial charge in [-0.25, -0.2) is 0 Å². The maximum atomic E-state index is 12.1. The summed E-state index contributed by atoms with van der Waals surface area (Å²) in [5.41, 5.74) is -0.257. The van der Waals surface area contributed by atoms with Gasteiger partial charge in [0.05, 0.1) is 12.5 Å². The van der Waals surface area contributed by atoms with Gasteiger partial charge in [0, 0.05) is 15.7 Å². The van der Waals surface area contributed by atoms with E-state index >= 15 is 0 Å². The lowest BCUT2D eigenvalue weighted by Crippen LogP contribution is -2.64. The minimum absolute atomic E-state index is 0.0294. The molecular weight excluding hydrogens is 272 g/mol. The quantitative estimate of drug-likeness (QED) is 0.509. The van der Waals surface area contributed by atoms with Crippen molar-refractivity contribution in [2.75, 3.05) is 7.11 Å². The Balaban J connectivity index is 1.98. The van der Waals surface area contributed by atoms with Crippen molar-refractivity contribution in [2.45, 2.75) is 35.0 Å². The molecule has 0 atom stereocenters. The average molecular weight is 290 g/mol. The summed E-state index contributed by atoms with van der Waals surface area (Å²) in [4.78, 5) is 12.1. The molecule has 0 aromatic carbocycles. The standard InChI is InChI=1S/C12H18O2S3/c1-14-11(13)12-2-5-8(15)6(3-12)10(17)7(4-12)9(5)16/h5-10,15-17H,2-4H2,1H3. The maximum absolute atomic E-state index is 12.1. The van der Waals surface area contributed by atoms with Crippen LogP contribution in [0.3, 0.4) is 0 Å². The molecule has 0 unspecified atom stereocenters. The Kier molecular flexibility index (Phi) is 2.96. The van der Waals surface area contributed by atoms with E-state index in [2.05, 4.69) is 0 Å². The Labute approximate surface area is 118 Å². The highest BCUT2D eigenvalue weighted by atomic mass is 32.1. The van der Waals surface area contributed by atoms with Crippen molar-refractivity contribution in [3.05, 3.63) is 0 Å². The van der Waals surface area contributed by atoms with Crippen LogP contribution in [-0.4, -0.2) is 28.8 Å². The van der Waals surface area contributed by atoms with Crippen LogP contribution in [0.4, 0.5) is 0 Å². The number of thiol groups is 3. The summed E-state index contributed by atoms with van der Waals surface area (Å²) in [5, 5.41) is 1.03. The van der Waals surface area contributed by atoms with Gasteiger partial charge in [0.1, 0.15) is 0 Å². The SMILES string of the molecule is COC(=O)C12CC3C(S)C(C1)C(S)C(C2)C3S. The van der Waals surface area contributed by atoms with E-state index in [1.54, 1.807) is 0 Å². The molecule has 2 nitrogen and oxygen atoms in total. The zero-order valence-corrected chi connectivity index (χ0v) is 12.4. The highest BCUT2D eigenvalue weighted by Gasteiger charge is 2.63. The van der Waals surface area contributed by atoms with Crippen LogP contribution in [-0.2, 0) is 9.53 Å². The first-order valence-corrected chi connectivity index (χ1v) is 7.68. The molecule has 0 amide bonds. The first kappa shape index (κ1) is 12.5. The lowest BCUT2D eigenvalue weighted by molar-refractivity contribution is -0.166. The van der Waals surface area contributed by atoms with Gasteiger partial charge in [-0.05, 0) is 37.0 Å². The predicted octanol–water partition coefficient (Wildman–Crippen LogP) is 2.10. The monoisotopic (exact) mass is 290 g/mol. The molecule has 96 valence electrons. The van der Waals surface area contributed by atoms with Gasteiger partial charge in [0.15, 0.2) is 0 Å². The molecule has 0 N–H and O–H groups in total. The number of esters is 1. The van der Waals surface area contributed by atoms with E-state index in [4.69, 9.17) is 42.6 Å². The van der Waals surface area contributed by atoms with Crippen molar-refractivity contribution < 1.29 is 9.53 Å². The minimum Gasteiger partial charge on any atom is -0.469 e. The van der Waals surface area contributed by atoms with Gasteiger partial charge < -0.3 is 4.74 Å². The van der Waals surface area contributed by atoms with Crippen molar-refractivity contribution in [1.29, 1.82) is 0 Å². The molecule has 4 saturated carbocycles. The van der Waals surface area contributed by atoms with E-state index in [0.29, 0.717) is 33.5 Å². The van der Waals surface area contributed by atoms with Gasteiger partial charge in [-0.2, -0.15) is 37.9 Å². The van der Waals surface area contributed by atoms with Crippen LogP contribution in [0, 0.1) is 23.2 Å². The van der Waals surface area contributed by atoms with Gasteiger partial charge in [-0.1, -0.05) is 0 Å². The zero-order chi connectivity index (χ0) is 12.4. The van der Waals surface area contributed by atoms with E-state index in [1.807, 2.05) is 0 Å². The summed E-state index contributed by atoms with van der Waals surface area (Å²) < 4.78 is 5.03. The van der Waals surface area contributed by atoms with E-state index in [1.165, 1.54) is 7.11 Å². The number of hydrogen-bond acceptors (Lipinski definition) is 5. The molecule has 4 rings (SSSR count). The van der Waals surface area contributed by atoms with Gasteiger partial charge >= 0.3 is 5.97 Å². The number of carbonyl (C=O) groups excluding carboxylic acids is 1. The second kappa shape index (κ2) is 4.01. The molecule has 0 aromatic rings. The molecule has 4 aliphatic rings. The molecule has 0 aliphatic heterocycles. The molecule has 0 radical (unpaired) electrons. The third-order valence-corrected chi connectivity index (χ3v) is 7.43. The normalized spacial score (nSPS) is 56.0. The van der Waals surface area contributed by atoms with Gasteiger partial charge in [0.25, 0.3) is 0 Å². The lowest BCUT2D eigenvalue weighted by Gasteiger charge is -2.62. The topological polar surface area (TPSA) is 26.3 Å². The first-order valence-electron chi connectivity index (χ1n) is 6.13. The number of methoxy groups -OCH3 is 1. The fourth-order valence-corrected chi connectivity index (χ4v) is 6.51. The number of carbonyl (C=O) groups is 1. The first-order chi connectivity index (χ1) is 8.00. The summed E-state index contributed by atoms with van der Waals surface area (Å²) in [5.74, 6) is 1.27. The highest BCUT2D eigenvalue weighted by molar-refractivity contribution is 7.83. The van der Waals surface area contributed by atoms with Crippen molar-refractivity contribution in [3.8, 4) is 0 Å². The van der Waals surface area contributed by atoms with E-state index in [9.17, 15) is 4.79 Å². The van der Waals surface area contributed by atoms with Crippen LogP contribution in [0.2, 0.25) is 0 Å². The summed E-state index contributed by atoms with van der Waals surface area (Å²) >= 11 is 14.2. The Bertz CT molecular complexity index is 307. The molecule has 4 fully saturated rings. The molecule has 0 aromatic heterocycles. The molecule has 4 aliphatic carbocycles. The van der Waals surface area contributed by atoms with Gasteiger partial charge in [-0.15, -0.1) is 0 Å². The summed E-state index contributed by atoms with van der Waals surface area (Å²) in [6.07, 6.45) is 2.69. The molecule has 0 spiro atoms. The molecule has 0 heterocycles. The summed E-state index contributed by atoms with van der Waals surface area (Å²) in [7, 11) is 1.50. The minimum atomic E-state index is -0.257. The summed E-state index contributed by atoms with van der Waals surface area (Å²) in [6.45, 7) is 0. The molecular formula is C12H18O2S3. The predicted molar refractivity (Wildman–Crippen MR) is 77.1 cm³/mol. The van der Waals surface area contributed by atoms with Crippen molar-refractivity contribution in [3.63, 3.8) is 0 Å². The largest absolute Gasteiger partial charge is 0.469 e. The van der Waals surface area contributed by atoms with E-state index < -0.39 is 0 Å². The van der Waals surface area contributed by atoms with Crippen LogP contribution in [0.25, 0.3) is 0 Å². The zero-order valence-electron chi connectivity index (χ0n) is 9.74. The van der Waals surface area contributed by atoms with Crippen molar-refractivity contribution >= 4 is 43.9 Å². The summed E-state index contributed by atoms with van der Waals surface area (Å²) in [6, 6.07) is 0. The number of ether oxygens (including phenoxy) is 1. The Morgan fingerprint density at radius 1 is 1.00 bits per heavy atom.